The number of rotatable bonds is 0. The van der Waals surface area contributed by atoms with Crippen LogP contribution in [0.25, 0.3) is 49.0 Å². The van der Waals surface area contributed by atoms with Crippen LogP contribution in [0, 0.1) is 0 Å². The van der Waals surface area contributed by atoms with Gasteiger partial charge in [-0.3, -0.25) is 0 Å². The van der Waals surface area contributed by atoms with Gasteiger partial charge in [-0.2, -0.15) is 0 Å². The Kier molecular flexibility index (Phi) is 4.12. The Bertz CT molecular complexity index is 2320. The highest BCUT2D eigenvalue weighted by Gasteiger charge is 2.50. The third-order valence-corrected chi connectivity index (χ3v) is 10.7. The van der Waals surface area contributed by atoms with Crippen molar-refractivity contribution in [3.63, 3.8) is 0 Å². The molecule has 190 valence electrons. The van der Waals surface area contributed by atoms with Crippen molar-refractivity contribution in [3.05, 3.63) is 162 Å². The quantitative estimate of drug-likeness (QED) is 0.186. The van der Waals surface area contributed by atoms with Crippen LogP contribution in [0.3, 0.4) is 0 Å². The standard InChI is InChI=1S/C39H23NS/c1-3-12-26-24(10-1)20-22-32-37(26)41-38-27-13-4-2-11-25(27)21-23-33(38)39(32)30-16-6-8-19-35(30)40-34-18-7-5-14-28(34)29-15-9-17-31(39)36(29)40/h1-23H. The Morgan fingerprint density at radius 2 is 0.976 bits per heavy atom. The molecule has 2 aliphatic heterocycles. The Balaban J connectivity index is 1.51. The molecule has 0 saturated heterocycles. The zero-order valence-electron chi connectivity index (χ0n) is 22.1. The molecule has 2 aliphatic rings. The minimum absolute atomic E-state index is 0.454. The van der Waals surface area contributed by atoms with Crippen LogP contribution in [0.15, 0.2) is 149 Å². The molecule has 0 atom stereocenters. The van der Waals surface area contributed by atoms with Gasteiger partial charge < -0.3 is 4.57 Å². The van der Waals surface area contributed by atoms with Gasteiger partial charge in [-0.1, -0.05) is 139 Å². The first-order chi connectivity index (χ1) is 20.4. The van der Waals surface area contributed by atoms with Crippen molar-refractivity contribution < 1.29 is 0 Å². The van der Waals surface area contributed by atoms with Crippen LogP contribution in [0.1, 0.15) is 22.3 Å². The fraction of sp³-hybridized carbons (Fsp3) is 0.0256. The molecule has 0 fully saturated rings. The molecule has 0 amide bonds. The highest BCUT2D eigenvalue weighted by Crippen LogP contribution is 2.62. The molecule has 8 aromatic rings. The first-order valence-electron chi connectivity index (χ1n) is 14.2. The van der Waals surface area contributed by atoms with E-state index in [4.69, 9.17) is 0 Å². The lowest BCUT2D eigenvalue weighted by atomic mass is 9.62. The van der Waals surface area contributed by atoms with Gasteiger partial charge in [0, 0.05) is 20.6 Å². The fourth-order valence-corrected chi connectivity index (χ4v) is 9.28. The number of fused-ring (bicyclic) bond motifs is 15. The van der Waals surface area contributed by atoms with Gasteiger partial charge in [0.15, 0.2) is 0 Å². The summed E-state index contributed by atoms with van der Waals surface area (Å²) in [5, 5.41) is 7.84. The Morgan fingerprint density at radius 1 is 0.415 bits per heavy atom. The van der Waals surface area contributed by atoms with Crippen molar-refractivity contribution >= 4 is 55.1 Å². The predicted molar refractivity (Wildman–Crippen MR) is 172 cm³/mol. The van der Waals surface area contributed by atoms with Crippen LogP contribution in [0.2, 0.25) is 0 Å². The molecule has 0 unspecified atom stereocenters. The summed E-state index contributed by atoms with van der Waals surface area (Å²) in [6.07, 6.45) is 0. The minimum Gasteiger partial charge on any atom is -0.309 e. The number of benzene rings is 7. The highest BCUT2D eigenvalue weighted by molar-refractivity contribution is 8.00. The molecule has 0 aliphatic carbocycles. The third kappa shape index (κ3) is 2.56. The first-order valence-corrected chi connectivity index (χ1v) is 15.0. The molecule has 0 bridgehead atoms. The zero-order chi connectivity index (χ0) is 26.7. The second kappa shape index (κ2) is 7.69. The third-order valence-electron chi connectivity index (χ3n) is 9.42. The predicted octanol–water partition coefficient (Wildman–Crippen LogP) is 10.3. The first kappa shape index (κ1) is 22.0. The van der Waals surface area contributed by atoms with Crippen molar-refractivity contribution in [1.82, 2.24) is 4.57 Å². The highest BCUT2D eigenvalue weighted by atomic mass is 32.2. The summed E-state index contributed by atoms with van der Waals surface area (Å²) in [6, 6.07) is 52.2. The van der Waals surface area contributed by atoms with Crippen LogP contribution in [0.4, 0.5) is 0 Å². The minimum atomic E-state index is -0.454. The smallest absolute Gasteiger partial charge is 0.0764 e. The van der Waals surface area contributed by atoms with Crippen LogP contribution in [-0.2, 0) is 5.41 Å². The molecule has 2 heteroatoms. The Morgan fingerprint density at radius 3 is 1.71 bits per heavy atom. The van der Waals surface area contributed by atoms with Crippen molar-refractivity contribution in [1.29, 1.82) is 0 Å². The topological polar surface area (TPSA) is 4.93 Å². The van der Waals surface area contributed by atoms with Crippen molar-refractivity contribution in [3.8, 4) is 5.69 Å². The van der Waals surface area contributed by atoms with E-state index in [9.17, 15) is 0 Å². The number of nitrogens with zero attached hydrogens (tertiary/aromatic N) is 1. The van der Waals surface area contributed by atoms with E-state index in [1.807, 2.05) is 11.8 Å². The lowest BCUT2D eigenvalue weighted by Gasteiger charge is -2.46. The molecule has 7 aromatic carbocycles. The van der Waals surface area contributed by atoms with Crippen molar-refractivity contribution in [2.45, 2.75) is 15.2 Å². The molecule has 41 heavy (non-hydrogen) atoms. The molecule has 0 N–H and O–H groups in total. The normalized spacial score (nSPS) is 14.4. The molecule has 10 rings (SSSR count). The monoisotopic (exact) mass is 537 g/mol. The number of para-hydroxylation sites is 3. The Labute approximate surface area is 241 Å². The van der Waals surface area contributed by atoms with Crippen LogP contribution in [-0.4, -0.2) is 4.57 Å². The summed E-state index contributed by atoms with van der Waals surface area (Å²) in [7, 11) is 0. The Hall–Kier alpha value is -4.79. The molecule has 0 saturated carbocycles. The zero-order valence-corrected chi connectivity index (χ0v) is 23.0. The van der Waals surface area contributed by atoms with Gasteiger partial charge >= 0.3 is 0 Å². The van der Waals surface area contributed by atoms with E-state index >= 15 is 0 Å². The van der Waals surface area contributed by atoms with E-state index in [1.165, 1.54) is 81.1 Å². The molecule has 1 nitrogen and oxygen atoms in total. The number of hydrogen-bond acceptors (Lipinski definition) is 1. The van der Waals surface area contributed by atoms with Gasteiger partial charge in [0.2, 0.25) is 0 Å². The van der Waals surface area contributed by atoms with Gasteiger partial charge in [0.05, 0.1) is 22.1 Å². The summed E-state index contributed by atoms with van der Waals surface area (Å²) in [5.41, 5.74) is 8.85. The van der Waals surface area contributed by atoms with Crippen LogP contribution < -0.4 is 0 Å². The van der Waals surface area contributed by atoms with E-state index in [0.717, 1.165) is 0 Å². The molecular weight excluding hydrogens is 515 g/mol. The second-order valence-electron chi connectivity index (χ2n) is 11.3. The SMILES string of the molecule is c1ccc2c(c1)-n1c3ccccc3c3cccc(c31)C21c2ccc3ccccc3c2Sc2c1ccc1ccccc21. The van der Waals surface area contributed by atoms with Gasteiger partial charge in [-0.05, 0) is 55.9 Å². The molecule has 0 radical (unpaired) electrons. The van der Waals surface area contributed by atoms with E-state index in [0.29, 0.717) is 0 Å². The lowest BCUT2D eigenvalue weighted by Crippen LogP contribution is -2.37. The van der Waals surface area contributed by atoms with Crippen molar-refractivity contribution in [2.24, 2.45) is 0 Å². The fourth-order valence-electron chi connectivity index (χ4n) is 7.83. The summed E-state index contributed by atoms with van der Waals surface area (Å²) < 4.78 is 2.52. The number of hydrogen-bond donors (Lipinski definition) is 0. The molecule has 1 spiro atoms. The number of aromatic nitrogens is 1. The van der Waals surface area contributed by atoms with Crippen LogP contribution in [0.5, 0.6) is 0 Å². The summed E-state index contributed by atoms with van der Waals surface area (Å²) in [6.45, 7) is 0. The van der Waals surface area contributed by atoms with Gasteiger partial charge in [0.25, 0.3) is 0 Å². The summed E-state index contributed by atoms with van der Waals surface area (Å²) >= 11 is 1.95. The van der Waals surface area contributed by atoms with Gasteiger partial charge in [-0.15, -0.1) is 0 Å². The van der Waals surface area contributed by atoms with Crippen molar-refractivity contribution in [2.75, 3.05) is 0 Å². The van der Waals surface area contributed by atoms with E-state index in [2.05, 4.69) is 144 Å². The average molecular weight is 538 g/mol. The molecule has 1 aromatic heterocycles. The molecular formula is C39H23NS. The molecule has 3 heterocycles. The maximum absolute atomic E-state index is 2.52. The lowest BCUT2D eigenvalue weighted by molar-refractivity contribution is 0.695. The second-order valence-corrected chi connectivity index (χ2v) is 12.3. The van der Waals surface area contributed by atoms with Gasteiger partial charge in [-0.25, -0.2) is 0 Å². The van der Waals surface area contributed by atoms with Gasteiger partial charge in [0.1, 0.15) is 0 Å². The largest absolute Gasteiger partial charge is 0.309 e. The van der Waals surface area contributed by atoms with E-state index in [-0.39, 0.29) is 0 Å². The van der Waals surface area contributed by atoms with E-state index in [1.54, 1.807) is 0 Å². The average Bonchev–Trinajstić information content (AvgIpc) is 3.38. The van der Waals surface area contributed by atoms with Crippen LogP contribution >= 0.6 is 11.8 Å². The maximum Gasteiger partial charge on any atom is 0.0764 e. The summed E-state index contributed by atoms with van der Waals surface area (Å²) in [5.74, 6) is 0. The van der Waals surface area contributed by atoms with E-state index < -0.39 is 5.41 Å². The maximum atomic E-state index is 2.52. The summed E-state index contributed by atoms with van der Waals surface area (Å²) in [4.78, 5) is 2.73.